The van der Waals surface area contributed by atoms with E-state index in [2.05, 4.69) is 4.98 Å². The molecule has 0 saturated carbocycles. The van der Waals surface area contributed by atoms with Crippen molar-refractivity contribution in [1.29, 1.82) is 0 Å². The third-order valence-electron chi connectivity index (χ3n) is 3.02. The zero-order valence-electron chi connectivity index (χ0n) is 11.7. The van der Waals surface area contributed by atoms with Crippen LogP contribution >= 0.6 is 0 Å². The Morgan fingerprint density at radius 3 is 2.71 bits per heavy atom. The van der Waals surface area contributed by atoms with Crippen LogP contribution in [-0.4, -0.2) is 31.9 Å². The minimum absolute atomic E-state index is 0.147. The van der Waals surface area contributed by atoms with E-state index in [9.17, 15) is 13.2 Å². The molecule has 0 bridgehead atoms. The minimum atomic E-state index is -3.84. The van der Waals surface area contributed by atoms with E-state index < -0.39 is 15.5 Å². The van der Waals surface area contributed by atoms with E-state index in [0.29, 0.717) is 5.75 Å². The lowest BCUT2D eigenvalue weighted by Crippen LogP contribution is -2.30. The molecule has 1 heterocycles. The summed E-state index contributed by atoms with van der Waals surface area (Å²) < 4.78 is 31.0. The van der Waals surface area contributed by atoms with Crippen LogP contribution in [0.4, 0.5) is 0 Å². The van der Waals surface area contributed by atoms with Crippen LogP contribution in [0.3, 0.4) is 0 Å². The number of rotatable bonds is 5. The second kappa shape index (κ2) is 6.11. The Labute approximate surface area is 123 Å². The van der Waals surface area contributed by atoms with Crippen molar-refractivity contribution >= 4 is 10.0 Å². The summed E-state index contributed by atoms with van der Waals surface area (Å²) in [5, 5.41) is 0. The number of sulfonamides is 1. The maximum Gasteiger partial charge on any atom is 0.248 e. The minimum Gasteiger partial charge on any atom is -0.497 e. The summed E-state index contributed by atoms with van der Waals surface area (Å²) in [4.78, 5) is 14.0. The lowest BCUT2D eigenvalue weighted by atomic mass is 10.2. The quantitative estimate of drug-likeness (QED) is 0.900. The topological polar surface area (TPSA) is 79.5 Å². The van der Waals surface area contributed by atoms with Gasteiger partial charge in [-0.3, -0.25) is 4.79 Å². The van der Waals surface area contributed by atoms with Gasteiger partial charge in [-0.2, -0.15) is 4.31 Å². The van der Waals surface area contributed by atoms with E-state index in [-0.39, 0.29) is 11.4 Å². The van der Waals surface area contributed by atoms with E-state index in [1.54, 1.807) is 31.4 Å². The van der Waals surface area contributed by atoms with Crippen molar-refractivity contribution in [3.8, 4) is 5.75 Å². The Morgan fingerprint density at radius 2 is 2.05 bits per heavy atom. The molecule has 0 amide bonds. The molecule has 0 unspecified atom stereocenters. The predicted octanol–water partition coefficient (Wildman–Crippen LogP) is 1.20. The zero-order chi connectivity index (χ0) is 15.5. The molecule has 0 aliphatic rings. The fourth-order valence-electron chi connectivity index (χ4n) is 1.88. The standard InChI is InChI=1S/C14H16N2O4S/c1-16(10-11-4-3-5-12(8-11)20-2)21(18,19)14-9-15-7-6-13(14)17/h3-9H,10H2,1-2H3,(H,15,17). The van der Waals surface area contributed by atoms with Crippen LogP contribution < -0.4 is 10.2 Å². The fourth-order valence-corrected chi connectivity index (χ4v) is 3.08. The molecule has 21 heavy (non-hydrogen) atoms. The van der Waals surface area contributed by atoms with Gasteiger partial charge in [0.25, 0.3) is 0 Å². The summed E-state index contributed by atoms with van der Waals surface area (Å²) in [7, 11) is -0.862. The molecule has 1 N–H and O–H groups in total. The Balaban J connectivity index is 2.29. The molecule has 6 nitrogen and oxygen atoms in total. The van der Waals surface area contributed by atoms with Gasteiger partial charge in [0.1, 0.15) is 10.6 Å². The van der Waals surface area contributed by atoms with Gasteiger partial charge in [-0.15, -0.1) is 0 Å². The largest absolute Gasteiger partial charge is 0.497 e. The van der Waals surface area contributed by atoms with Crippen LogP contribution in [0.15, 0.2) is 52.4 Å². The Morgan fingerprint density at radius 1 is 1.29 bits per heavy atom. The normalized spacial score (nSPS) is 11.6. The van der Waals surface area contributed by atoms with E-state index in [0.717, 1.165) is 9.87 Å². The van der Waals surface area contributed by atoms with Crippen molar-refractivity contribution in [1.82, 2.24) is 9.29 Å². The first-order valence-corrected chi connectivity index (χ1v) is 7.65. The molecule has 0 spiro atoms. The first-order valence-electron chi connectivity index (χ1n) is 6.21. The second-order valence-electron chi connectivity index (χ2n) is 4.49. The van der Waals surface area contributed by atoms with E-state index >= 15 is 0 Å². The van der Waals surface area contributed by atoms with Crippen molar-refractivity contribution in [3.63, 3.8) is 0 Å². The maximum absolute atomic E-state index is 12.4. The average molecular weight is 308 g/mol. The smallest absolute Gasteiger partial charge is 0.248 e. The molecule has 0 fully saturated rings. The summed E-state index contributed by atoms with van der Waals surface area (Å²) in [6, 6.07) is 8.29. The third-order valence-corrected chi connectivity index (χ3v) is 4.84. The van der Waals surface area contributed by atoms with Crippen molar-refractivity contribution in [3.05, 3.63) is 58.5 Å². The average Bonchev–Trinajstić information content (AvgIpc) is 2.47. The van der Waals surface area contributed by atoms with Crippen molar-refractivity contribution in [2.75, 3.05) is 14.2 Å². The number of hydrogen-bond acceptors (Lipinski definition) is 4. The highest BCUT2D eigenvalue weighted by Gasteiger charge is 2.23. The van der Waals surface area contributed by atoms with Crippen LogP contribution in [0.1, 0.15) is 5.56 Å². The fraction of sp³-hybridized carbons (Fsp3) is 0.214. The molecular formula is C14H16N2O4S. The van der Waals surface area contributed by atoms with E-state index in [1.165, 1.54) is 25.5 Å². The van der Waals surface area contributed by atoms with Gasteiger partial charge in [0.2, 0.25) is 15.5 Å². The van der Waals surface area contributed by atoms with E-state index in [4.69, 9.17) is 4.74 Å². The summed E-state index contributed by atoms with van der Waals surface area (Å²) >= 11 is 0. The van der Waals surface area contributed by atoms with Crippen molar-refractivity contribution in [2.45, 2.75) is 11.4 Å². The van der Waals surface area contributed by atoms with Gasteiger partial charge in [0, 0.05) is 32.1 Å². The van der Waals surface area contributed by atoms with Gasteiger partial charge in [0.05, 0.1) is 7.11 Å². The SMILES string of the molecule is COc1cccc(CN(C)S(=O)(=O)c2c[nH]ccc2=O)c1. The molecular weight excluding hydrogens is 292 g/mol. The third kappa shape index (κ3) is 3.32. The number of aromatic amines is 1. The number of H-pyrrole nitrogens is 1. The van der Waals surface area contributed by atoms with Crippen molar-refractivity contribution < 1.29 is 13.2 Å². The number of nitrogens with zero attached hydrogens (tertiary/aromatic N) is 1. The highest BCUT2D eigenvalue weighted by Crippen LogP contribution is 2.17. The molecule has 1 aromatic heterocycles. The highest BCUT2D eigenvalue weighted by atomic mass is 32.2. The summed E-state index contributed by atoms with van der Waals surface area (Å²) in [5.41, 5.74) is 0.235. The number of aromatic nitrogens is 1. The number of ether oxygens (including phenoxy) is 1. The van der Waals surface area contributed by atoms with E-state index in [1.807, 2.05) is 0 Å². The molecule has 0 aliphatic heterocycles. The lowest BCUT2D eigenvalue weighted by molar-refractivity contribution is 0.412. The molecule has 0 aliphatic carbocycles. The van der Waals surface area contributed by atoms with Gasteiger partial charge in [-0.05, 0) is 17.7 Å². The summed E-state index contributed by atoms with van der Waals surface area (Å²) in [6.07, 6.45) is 2.59. The van der Waals surface area contributed by atoms with Crippen LogP contribution in [-0.2, 0) is 16.6 Å². The molecule has 112 valence electrons. The Bertz CT molecular complexity index is 783. The van der Waals surface area contributed by atoms with Gasteiger partial charge >= 0.3 is 0 Å². The van der Waals surface area contributed by atoms with Gasteiger partial charge < -0.3 is 9.72 Å². The van der Waals surface area contributed by atoms with Gasteiger partial charge in [0.15, 0.2) is 0 Å². The summed E-state index contributed by atoms with van der Waals surface area (Å²) in [6.45, 7) is 0.147. The molecule has 0 radical (unpaired) electrons. The number of nitrogens with one attached hydrogen (secondary N) is 1. The Kier molecular flexibility index (Phi) is 4.44. The van der Waals surface area contributed by atoms with Crippen LogP contribution in [0, 0.1) is 0 Å². The number of pyridine rings is 1. The van der Waals surface area contributed by atoms with Crippen LogP contribution in [0.25, 0.3) is 0 Å². The number of methoxy groups -OCH3 is 1. The Hall–Kier alpha value is -2.12. The van der Waals surface area contributed by atoms with Gasteiger partial charge in [-0.1, -0.05) is 12.1 Å². The first kappa shape index (κ1) is 15.3. The number of benzene rings is 1. The van der Waals surface area contributed by atoms with Crippen LogP contribution in [0.2, 0.25) is 0 Å². The molecule has 1 aromatic carbocycles. The monoisotopic (exact) mass is 308 g/mol. The maximum atomic E-state index is 12.4. The molecule has 0 atom stereocenters. The molecule has 0 saturated heterocycles. The lowest BCUT2D eigenvalue weighted by Gasteiger charge is -2.17. The predicted molar refractivity (Wildman–Crippen MR) is 78.7 cm³/mol. The summed E-state index contributed by atoms with van der Waals surface area (Å²) in [5.74, 6) is 0.649. The van der Waals surface area contributed by atoms with Crippen LogP contribution in [0.5, 0.6) is 5.75 Å². The van der Waals surface area contributed by atoms with Crippen molar-refractivity contribution in [2.24, 2.45) is 0 Å². The molecule has 7 heteroatoms. The highest BCUT2D eigenvalue weighted by molar-refractivity contribution is 7.89. The molecule has 2 aromatic rings. The first-order chi connectivity index (χ1) is 9.95. The second-order valence-corrected chi connectivity index (χ2v) is 6.50. The number of hydrogen-bond donors (Lipinski definition) is 1. The van der Waals surface area contributed by atoms with Gasteiger partial charge in [-0.25, -0.2) is 8.42 Å². The zero-order valence-corrected chi connectivity index (χ0v) is 12.6. The molecule has 2 rings (SSSR count).